The van der Waals surface area contributed by atoms with Gasteiger partial charge in [-0.05, 0) is 25.2 Å². The average Bonchev–Trinajstić information content (AvgIpc) is 2.78. The highest BCUT2D eigenvalue weighted by Gasteiger charge is 2.64. The van der Waals surface area contributed by atoms with Gasteiger partial charge in [-0.1, -0.05) is 20.8 Å². The van der Waals surface area contributed by atoms with Crippen molar-refractivity contribution in [3.05, 3.63) is 0 Å². The van der Waals surface area contributed by atoms with Gasteiger partial charge >= 0.3 is 0 Å². The molecule has 0 unspecified atom stereocenters. The molecule has 3 heteroatoms. The second kappa shape index (κ2) is 3.80. The summed E-state index contributed by atoms with van der Waals surface area (Å²) in [5.41, 5.74) is -0.227. The molecule has 3 nitrogen and oxygen atoms in total. The summed E-state index contributed by atoms with van der Waals surface area (Å²) in [7, 11) is 0. The molecule has 0 amide bonds. The monoisotopic (exact) mass is 252 g/mol. The van der Waals surface area contributed by atoms with Gasteiger partial charge in [0.05, 0.1) is 13.2 Å². The molecular weight excluding hydrogens is 228 g/mol. The summed E-state index contributed by atoms with van der Waals surface area (Å²) in [6.07, 6.45) is 4.82. The third kappa shape index (κ3) is 1.41. The molecule has 2 aliphatic carbocycles. The summed E-state index contributed by atoms with van der Waals surface area (Å²) in [6.45, 7) is 7.93. The lowest BCUT2D eigenvalue weighted by molar-refractivity contribution is -0.285. The van der Waals surface area contributed by atoms with Crippen LogP contribution in [0, 0.1) is 16.7 Å². The number of rotatable bonds is 0. The van der Waals surface area contributed by atoms with Gasteiger partial charge in [-0.15, -0.1) is 0 Å². The highest BCUT2D eigenvalue weighted by Crippen LogP contribution is 2.62. The molecule has 2 atom stereocenters. The number of hydrogen-bond acceptors (Lipinski definition) is 3. The fourth-order valence-electron chi connectivity index (χ4n) is 4.75. The normalized spacial score (nSPS) is 41.9. The summed E-state index contributed by atoms with van der Waals surface area (Å²) < 4.78 is 12.1. The predicted molar refractivity (Wildman–Crippen MR) is 68.1 cm³/mol. The maximum absolute atomic E-state index is 12.2. The van der Waals surface area contributed by atoms with Crippen molar-refractivity contribution < 1.29 is 14.3 Å². The van der Waals surface area contributed by atoms with Crippen molar-refractivity contribution in [2.45, 2.75) is 58.7 Å². The third-order valence-corrected chi connectivity index (χ3v) is 5.85. The van der Waals surface area contributed by atoms with Gasteiger partial charge in [0.2, 0.25) is 0 Å². The molecule has 0 radical (unpaired) electrons. The van der Waals surface area contributed by atoms with Gasteiger partial charge in [-0.3, -0.25) is 4.79 Å². The molecule has 0 aromatic heterocycles. The molecule has 18 heavy (non-hydrogen) atoms. The van der Waals surface area contributed by atoms with Gasteiger partial charge in [0, 0.05) is 23.7 Å². The molecule has 0 aromatic carbocycles. The Kier molecular flexibility index (Phi) is 2.66. The Hall–Kier alpha value is -0.410. The van der Waals surface area contributed by atoms with E-state index in [-0.39, 0.29) is 10.8 Å². The molecule has 3 rings (SSSR count). The topological polar surface area (TPSA) is 35.5 Å². The lowest BCUT2D eigenvalue weighted by atomic mass is 9.49. The van der Waals surface area contributed by atoms with Crippen molar-refractivity contribution >= 4 is 5.78 Å². The van der Waals surface area contributed by atoms with Crippen molar-refractivity contribution in [3.63, 3.8) is 0 Å². The summed E-state index contributed by atoms with van der Waals surface area (Å²) >= 11 is 0. The number of ether oxygens (including phenoxy) is 2. The van der Waals surface area contributed by atoms with Crippen LogP contribution in [0.3, 0.4) is 0 Å². The summed E-state index contributed by atoms with van der Waals surface area (Å²) in [4.78, 5) is 12.2. The second-order valence-electron chi connectivity index (χ2n) is 6.96. The van der Waals surface area contributed by atoms with Crippen LogP contribution in [0.25, 0.3) is 0 Å². The molecule has 0 aromatic rings. The number of ketones is 1. The van der Waals surface area contributed by atoms with Crippen LogP contribution in [-0.4, -0.2) is 24.8 Å². The third-order valence-electron chi connectivity index (χ3n) is 5.85. The van der Waals surface area contributed by atoms with Crippen LogP contribution in [-0.2, 0) is 14.3 Å². The Balaban J connectivity index is 2.02. The summed E-state index contributed by atoms with van der Waals surface area (Å²) in [6, 6.07) is 0. The van der Waals surface area contributed by atoms with Gasteiger partial charge in [-0.25, -0.2) is 0 Å². The zero-order chi connectivity index (χ0) is 13.0. The van der Waals surface area contributed by atoms with Crippen LogP contribution in [0.1, 0.15) is 52.9 Å². The van der Waals surface area contributed by atoms with Crippen molar-refractivity contribution in [1.29, 1.82) is 0 Å². The number of carbonyl (C=O) groups excluding carboxylic acids is 1. The van der Waals surface area contributed by atoms with Crippen molar-refractivity contribution in [2.75, 3.05) is 13.2 Å². The van der Waals surface area contributed by atoms with E-state index in [4.69, 9.17) is 9.47 Å². The van der Waals surface area contributed by atoms with Crippen LogP contribution in [0.15, 0.2) is 0 Å². The van der Waals surface area contributed by atoms with E-state index in [0.717, 1.165) is 25.7 Å². The molecule has 102 valence electrons. The quantitative estimate of drug-likeness (QED) is 0.665. The Morgan fingerprint density at radius 2 is 1.78 bits per heavy atom. The minimum absolute atomic E-state index is 0.000833. The highest BCUT2D eigenvalue weighted by atomic mass is 16.7. The number of Topliss-reactive ketones (excluding diaryl/α,β-unsaturated/α-hetero) is 1. The standard InChI is InChI=1S/C15H24O3/c1-13(2)11-5-4-7-15(17-9-10-18-15)14(11,3)8-6-12(13)16/h11H,4-10H2,1-3H3/t11-,14-/m0/s1. The van der Waals surface area contributed by atoms with Crippen LogP contribution in [0.4, 0.5) is 0 Å². The Labute approximate surface area is 109 Å². The first-order valence-electron chi connectivity index (χ1n) is 7.24. The minimum Gasteiger partial charge on any atom is -0.347 e. The van der Waals surface area contributed by atoms with Crippen LogP contribution in [0.2, 0.25) is 0 Å². The van der Waals surface area contributed by atoms with Gasteiger partial charge in [0.15, 0.2) is 5.79 Å². The summed E-state index contributed by atoms with van der Waals surface area (Å²) in [5.74, 6) is 0.395. The van der Waals surface area contributed by atoms with Gasteiger partial charge in [0.1, 0.15) is 5.78 Å². The van der Waals surface area contributed by atoms with Crippen molar-refractivity contribution in [1.82, 2.24) is 0 Å². The molecule has 3 aliphatic rings. The second-order valence-corrected chi connectivity index (χ2v) is 6.96. The van der Waals surface area contributed by atoms with Gasteiger partial charge in [0.25, 0.3) is 0 Å². The van der Waals surface area contributed by atoms with Crippen LogP contribution in [0.5, 0.6) is 0 Å². The van der Waals surface area contributed by atoms with E-state index >= 15 is 0 Å². The fraction of sp³-hybridized carbons (Fsp3) is 0.933. The summed E-state index contributed by atoms with van der Waals surface area (Å²) in [5, 5.41) is 0. The smallest absolute Gasteiger partial charge is 0.174 e. The lowest BCUT2D eigenvalue weighted by Crippen LogP contribution is -2.61. The molecule has 0 N–H and O–H groups in total. The number of carbonyl (C=O) groups is 1. The number of hydrogen-bond donors (Lipinski definition) is 0. The maximum Gasteiger partial charge on any atom is 0.174 e. The SMILES string of the molecule is CC1(C)C(=O)CC[C@@]2(C)[C@H]1CCCC21OCCO1. The first-order chi connectivity index (χ1) is 8.42. The van der Waals surface area contributed by atoms with E-state index < -0.39 is 5.79 Å². The predicted octanol–water partition coefficient (Wildman–Crippen LogP) is 2.93. The van der Waals surface area contributed by atoms with Gasteiger partial charge < -0.3 is 9.47 Å². The van der Waals surface area contributed by atoms with E-state index in [1.807, 2.05) is 0 Å². The molecule has 1 spiro atoms. The van der Waals surface area contributed by atoms with E-state index in [0.29, 0.717) is 31.3 Å². The zero-order valence-corrected chi connectivity index (χ0v) is 11.8. The maximum atomic E-state index is 12.2. The first-order valence-corrected chi connectivity index (χ1v) is 7.24. The van der Waals surface area contributed by atoms with E-state index in [9.17, 15) is 4.79 Å². The fourth-order valence-corrected chi connectivity index (χ4v) is 4.75. The molecule has 2 saturated carbocycles. The molecule has 1 saturated heterocycles. The first kappa shape index (κ1) is 12.6. The Bertz CT molecular complexity index is 368. The number of fused-ring (bicyclic) bond motifs is 2. The Morgan fingerprint density at radius 3 is 2.44 bits per heavy atom. The molecule has 3 fully saturated rings. The minimum atomic E-state index is -0.409. The van der Waals surface area contributed by atoms with E-state index in [2.05, 4.69) is 20.8 Å². The van der Waals surface area contributed by atoms with Crippen molar-refractivity contribution in [3.8, 4) is 0 Å². The van der Waals surface area contributed by atoms with Crippen molar-refractivity contribution in [2.24, 2.45) is 16.7 Å². The largest absolute Gasteiger partial charge is 0.347 e. The lowest BCUT2D eigenvalue weighted by Gasteiger charge is -2.59. The van der Waals surface area contributed by atoms with Gasteiger partial charge in [-0.2, -0.15) is 0 Å². The van der Waals surface area contributed by atoms with E-state index in [1.54, 1.807) is 0 Å². The van der Waals surface area contributed by atoms with Crippen LogP contribution >= 0.6 is 0 Å². The molecule has 1 aliphatic heterocycles. The van der Waals surface area contributed by atoms with Crippen LogP contribution < -0.4 is 0 Å². The molecular formula is C15H24O3. The highest BCUT2D eigenvalue weighted by molar-refractivity contribution is 5.85. The zero-order valence-electron chi connectivity index (χ0n) is 11.8. The average molecular weight is 252 g/mol. The molecule has 1 heterocycles. The molecule has 0 bridgehead atoms. The Morgan fingerprint density at radius 1 is 1.11 bits per heavy atom. The van der Waals surface area contributed by atoms with E-state index in [1.165, 1.54) is 0 Å².